The molecular weight excluding hydrogens is 264 g/mol. The Bertz CT molecular complexity index is 401. The molecule has 4 bridgehead atoms. The normalized spacial score (nSPS) is 47.5. The molecular formula is C17H28N2O2. The summed E-state index contributed by atoms with van der Waals surface area (Å²) in [5.41, 5.74) is 0.416. The maximum absolute atomic E-state index is 11.6. The lowest BCUT2D eigenvalue weighted by atomic mass is 9.47. The summed E-state index contributed by atoms with van der Waals surface area (Å²) in [7, 11) is 0. The molecule has 0 aromatic heterocycles. The van der Waals surface area contributed by atoms with E-state index in [2.05, 4.69) is 17.1 Å². The highest BCUT2D eigenvalue weighted by molar-refractivity contribution is 5.74. The van der Waals surface area contributed by atoms with Crippen LogP contribution in [0.15, 0.2) is 0 Å². The van der Waals surface area contributed by atoms with Crippen LogP contribution < -0.4 is 5.32 Å². The van der Waals surface area contributed by atoms with Crippen molar-refractivity contribution < 1.29 is 9.90 Å². The average Bonchev–Trinajstić information content (AvgIpc) is 2.45. The van der Waals surface area contributed by atoms with E-state index < -0.39 is 5.97 Å². The minimum atomic E-state index is -0.654. The van der Waals surface area contributed by atoms with Gasteiger partial charge in [-0.15, -0.1) is 0 Å². The number of aliphatic carboxylic acids is 1. The number of piperazine rings is 1. The zero-order chi connectivity index (χ0) is 14.6. The van der Waals surface area contributed by atoms with Crippen molar-refractivity contribution in [1.82, 2.24) is 10.2 Å². The Kier molecular flexibility index (Phi) is 3.30. The van der Waals surface area contributed by atoms with Crippen molar-refractivity contribution in [1.29, 1.82) is 0 Å². The van der Waals surface area contributed by atoms with Crippen LogP contribution in [0, 0.1) is 23.2 Å². The van der Waals surface area contributed by atoms with Crippen LogP contribution in [0.2, 0.25) is 0 Å². The summed E-state index contributed by atoms with van der Waals surface area (Å²) in [5.74, 6) is 2.15. The van der Waals surface area contributed by atoms with Gasteiger partial charge in [0.25, 0.3) is 0 Å². The molecule has 1 heterocycles. The number of carbonyl (C=O) groups is 1. The van der Waals surface area contributed by atoms with E-state index in [4.69, 9.17) is 0 Å². The van der Waals surface area contributed by atoms with Crippen molar-refractivity contribution in [2.24, 2.45) is 23.2 Å². The van der Waals surface area contributed by atoms with Crippen LogP contribution in [-0.4, -0.2) is 47.7 Å². The van der Waals surface area contributed by atoms with Crippen molar-refractivity contribution in [3.05, 3.63) is 0 Å². The van der Waals surface area contributed by atoms with Crippen LogP contribution >= 0.6 is 0 Å². The number of rotatable bonds is 3. The highest BCUT2D eigenvalue weighted by Crippen LogP contribution is 2.62. The molecule has 0 radical (unpaired) electrons. The molecule has 0 aromatic carbocycles. The molecule has 2 atom stereocenters. The van der Waals surface area contributed by atoms with Crippen molar-refractivity contribution >= 4 is 5.97 Å². The third kappa shape index (κ3) is 2.22. The summed E-state index contributed by atoms with van der Waals surface area (Å²) in [6.45, 7) is 4.75. The lowest BCUT2D eigenvalue weighted by Gasteiger charge is -2.61. The summed E-state index contributed by atoms with van der Waals surface area (Å²) < 4.78 is 0. The summed E-state index contributed by atoms with van der Waals surface area (Å²) in [6, 6.07) is 0.0934. The van der Waals surface area contributed by atoms with E-state index in [0.717, 1.165) is 30.8 Å². The first-order chi connectivity index (χ1) is 10.1. The van der Waals surface area contributed by atoms with Crippen LogP contribution in [0.25, 0.3) is 0 Å². The Morgan fingerprint density at radius 2 is 1.76 bits per heavy atom. The average molecular weight is 292 g/mol. The molecule has 2 N–H and O–H groups in total. The van der Waals surface area contributed by atoms with E-state index in [1.54, 1.807) is 0 Å². The van der Waals surface area contributed by atoms with Crippen LogP contribution in [-0.2, 0) is 4.79 Å². The Morgan fingerprint density at radius 1 is 1.19 bits per heavy atom. The zero-order valence-electron chi connectivity index (χ0n) is 13.1. The topological polar surface area (TPSA) is 52.6 Å². The largest absolute Gasteiger partial charge is 0.480 e. The number of hydrogen-bond acceptors (Lipinski definition) is 3. The number of hydrogen-bond donors (Lipinski definition) is 2. The Morgan fingerprint density at radius 3 is 2.29 bits per heavy atom. The lowest BCUT2D eigenvalue weighted by molar-refractivity contribution is -0.151. The SMILES string of the molecule is CC(N1CCNCC1C(=O)O)C12CC3CC(CC(C3)C1)C2. The predicted octanol–water partition coefficient (Wildman–Crippen LogP) is 1.95. The molecule has 4 saturated carbocycles. The second-order valence-corrected chi connectivity index (χ2v) is 8.25. The van der Waals surface area contributed by atoms with Gasteiger partial charge in [-0.05, 0) is 68.6 Å². The molecule has 5 rings (SSSR count). The molecule has 4 nitrogen and oxygen atoms in total. The van der Waals surface area contributed by atoms with Gasteiger partial charge in [0.1, 0.15) is 6.04 Å². The highest BCUT2D eigenvalue weighted by atomic mass is 16.4. The van der Waals surface area contributed by atoms with E-state index in [-0.39, 0.29) is 6.04 Å². The predicted molar refractivity (Wildman–Crippen MR) is 81.1 cm³/mol. The third-order valence-electron chi connectivity index (χ3n) is 7.04. The molecule has 0 aromatic rings. The van der Waals surface area contributed by atoms with Crippen LogP contribution in [0.4, 0.5) is 0 Å². The molecule has 21 heavy (non-hydrogen) atoms. The summed E-state index contributed by atoms with van der Waals surface area (Å²) >= 11 is 0. The fourth-order valence-electron chi connectivity index (χ4n) is 6.45. The Labute approximate surface area is 127 Å². The monoisotopic (exact) mass is 292 g/mol. The highest BCUT2D eigenvalue weighted by Gasteiger charge is 2.55. The quantitative estimate of drug-likeness (QED) is 0.835. The summed E-state index contributed by atoms with van der Waals surface area (Å²) in [5, 5.41) is 12.8. The van der Waals surface area contributed by atoms with Crippen LogP contribution in [0.5, 0.6) is 0 Å². The van der Waals surface area contributed by atoms with Gasteiger partial charge in [0, 0.05) is 25.7 Å². The number of carboxylic acid groups (broad SMARTS) is 1. The van der Waals surface area contributed by atoms with Gasteiger partial charge in [-0.25, -0.2) is 0 Å². The van der Waals surface area contributed by atoms with E-state index in [1.807, 2.05) is 0 Å². The van der Waals surface area contributed by atoms with E-state index in [1.165, 1.54) is 38.5 Å². The first-order valence-electron chi connectivity index (χ1n) is 8.77. The van der Waals surface area contributed by atoms with E-state index in [9.17, 15) is 9.90 Å². The van der Waals surface area contributed by atoms with Crippen molar-refractivity contribution in [3.8, 4) is 0 Å². The lowest BCUT2D eigenvalue weighted by Crippen LogP contribution is -2.63. The first-order valence-corrected chi connectivity index (χ1v) is 8.77. The van der Waals surface area contributed by atoms with Crippen LogP contribution in [0.1, 0.15) is 45.4 Å². The van der Waals surface area contributed by atoms with Crippen molar-refractivity contribution in [2.45, 2.75) is 57.5 Å². The van der Waals surface area contributed by atoms with E-state index in [0.29, 0.717) is 18.0 Å². The van der Waals surface area contributed by atoms with Gasteiger partial charge in [0.2, 0.25) is 0 Å². The van der Waals surface area contributed by atoms with Gasteiger partial charge in [0.15, 0.2) is 0 Å². The third-order valence-corrected chi connectivity index (χ3v) is 7.04. The maximum Gasteiger partial charge on any atom is 0.322 e. The molecule has 4 heteroatoms. The fraction of sp³-hybridized carbons (Fsp3) is 0.941. The number of nitrogens with one attached hydrogen (secondary N) is 1. The standard InChI is InChI=1S/C17H28N2O2/c1-11(19-3-2-18-10-15(19)16(20)21)17-7-12-4-13(8-17)6-14(5-12)9-17/h11-15,18H,2-10H2,1H3,(H,20,21). The van der Waals surface area contributed by atoms with Gasteiger partial charge in [0.05, 0.1) is 0 Å². The first kappa shape index (κ1) is 14.0. The molecule has 1 saturated heterocycles. The molecule has 2 unspecified atom stereocenters. The van der Waals surface area contributed by atoms with Crippen LogP contribution in [0.3, 0.4) is 0 Å². The molecule has 5 aliphatic rings. The second-order valence-electron chi connectivity index (χ2n) is 8.25. The van der Waals surface area contributed by atoms with E-state index >= 15 is 0 Å². The Hall–Kier alpha value is -0.610. The Balaban J connectivity index is 1.58. The molecule has 0 spiro atoms. The molecule has 4 aliphatic carbocycles. The number of carboxylic acids is 1. The molecule has 1 aliphatic heterocycles. The minimum absolute atomic E-state index is 0.332. The summed E-state index contributed by atoms with van der Waals surface area (Å²) in [4.78, 5) is 13.9. The summed E-state index contributed by atoms with van der Waals surface area (Å²) in [6.07, 6.45) is 8.44. The van der Waals surface area contributed by atoms with Crippen molar-refractivity contribution in [3.63, 3.8) is 0 Å². The van der Waals surface area contributed by atoms with Gasteiger partial charge in [-0.2, -0.15) is 0 Å². The van der Waals surface area contributed by atoms with Gasteiger partial charge < -0.3 is 10.4 Å². The maximum atomic E-state index is 11.6. The van der Waals surface area contributed by atoms with Gasteiger partial charge >= 0.3 is 5.97 Å². The second kappa shape index (κ2) is 4.95. The molecule has 5 fully saturated rings. The van der Waals surface area contributed by atoms with Gasteiger partial charge in [-0.3, -0.25) is 9.69 Å². The number of nitrogens with zero attached hydrogens (tertiary/aromatic N) is 1. The van der Waals surface area contributed by atoms with Gasteiger partial charge in [-0.1, -0.05) is 0 Å². The minimum Gasteiger partial charge on any atom is -0.480 e. The molecule has 0 amide bonds. The molecule has 118 valence electrons. The smallest absolute Gasteiger partial charge is 0.322 e. The fourth-order valence-corrected chi connectivity index (χ4v) is 6.45. The van der Waals surface area contributed by atoms with Crippen molar-refractivity contribution in [2.75, 3.05) is 19.6 Å². The zero-order valence-corrected chi connectivity index (χ0v) is 13.1.